The van der Waals surface area contributed by atoms with Crippen LogP contribution in [0, 0.1) is 17.1 Å². The van der Waals surface area contributed by atoms with E-state index in [0.717, 1.165) is 6.07 Å². The van der Waals surface area contributed by atoms with E-state index in [4.69, 9.17) is 5.26 Å². The summed E-state index contributed by atoms with van der Waals surface area (Å²) >= 11 is 3.10. The zero-order chi connectivity index (χ0) is 12.1. The van der Waals surface area contributed by atoms with Gasteiger partial charge in [-0.1, -0.05) is 22.0 Å². The molecule has 0 spiro atoms. The quantitative estimate of drug-likeness (QED) is 0.632. The van der Waals surface area contributed by atoms with E-state index < -0.39 is 16.6 Å². The van der Waals surface area contributed by atoms with Crippen molar-refractivity contribution >= 4 is 21.9 Å². The van der Waals surface area contributed by atoms with Gasteiger partial charge in [0, 0.05) is 0 Å². The maximum absolute atomic E-state index is 13.4. The molecule has 0 bridgehead atoms. The Morgan fingerprint density at radius 1 is 1.69 bits per heavy atom. The monoisotopic (exact) mass is 285 g/mol. The fourth-order valence-corrected chi connectivity index (χ4v) is 1.72. The molecule has 1 rings (SSSR count). The summed E-state index contributed by atoms with van der Waals surface area (Å²) in [5.41, 5.74) is 0.622. The second kappa shape index (κ2) is 5.61. The minimum atomic E-state index is -0.583. The number of rotatable bonds is 3. The number of hydrogen-bond donors (Lipinski definition) is 0. The van der Waals surface area contributed by atoms with Gasteiger partial charge in [0.2, 0.25) is 0 Å². The van der Waals surface area contributed by atoms with Crippen LogP contribution in [0.1, 0.15) is 11.1 Å². The van der Waals surface area contributed by atoms with Crippen molar-refractivity contribution in [2.45, 2.75) is 11.2 Å². The lowest BCUT2D eigenvalue weighted by Crippen LogP contribution is -2.18. The molecule has 84 valence electrons. The van der Waals surface area contributed by atoms with Crippen LogP contribution in [0.2, 0.25) is 0 Å². The van der Waals surface area contributed by atoms with Crippen LogP contribution in [0.15, 0.2) is 18.2 Å². The Kier molecular flexibility index (Phi) is 4.44. The minimum absolute atomic E-state index is 0.185. The number of hydrogen-bond acceptors (Lipinski definition) is 3. The summed E-state index contributed by atoms with van der Waals surface area (Å²) < 4.78 is 17.9. The Labute approximate surface area is 101 Å². The molecule has 0 fully saturated rings. The molecule has 5 heteroatoms. The molecule has 0 saturated heterocycles. The van der Waals surface area contributed by atoms with Gasteiger partial charge in [-0.25, -0.2) is 4.39 Å². The highest BCUT2D eigenvalue weighted by molar-refractivity contribution is 9.10. The first kappa shape index (κ1) is 12.7. The Morgan fingerprint density at radius 3 is 2.88 bits per heavy atom. The van der Waals surface area contributed by atoms with Gasteiger partial charge in [-0.15, -0.1) is 0 Å². The summed E-state index contributed by atoms with van der Waals surface area (Å²) in [6, 6.07) is 5.98. The fraction of sp³-hybridized carbons (Fsp3) is 0.273. The molecule has 0 amide bonds. The van der Waals surface area contributed by atoms with E-state index in [-0.39, 0.29) is 12.0 Å². The Hall–Kier alpha value is -1.41. The summed E-state index contributed by atoms with van der Waals surface area (Å²) in [6.07, 6.45) is 0.185. The van der Waals surface area contributed by atoms with E-state index in [0.29, 0.717) is 5.56 Å². The third kappa shape index (κ3) is 3.04. The molecule has 0 aliphatic heterocycles. The van der Waals surface area contributed by atoms with Crippen LogP contribution in [0.25, 0.3) is 0 Å². The van der Waals surface area contributed by atoms with Gasteiger partial charge in [0.25, 0.3) is 0 Å². The van der Waals surface area contributed by atoms with Crippen LogP contribution < -0.4 is 0 Å². The topological polar surface area (TPSA) is 50.1 Å². The molecular formula is C11H9BrFNO2. The van der Waals surface area contributed by atoms with Crippen LogP contribution in [0.4, 0.5) is 4.39 Å². The number of benzene rings is 1. The zero-order valence-corrected chi connectivity index (χ0v) is 10.1. The first-order chi connectivity index (χ1) is 7.58. The van der Waals surface area contributed by atoms with E-state index in [2.05, 4.69) is 20.7 Å². The van der Waals surface area contributed by atoms with E-state index in [1.807, 2.05) is 6.07 Å². The van der Waals surface area contributed by atoms with Crippen molar-refractivity contribution in [1.29, 1.82) is 5.26 Å². The van der Waals surface area contributed by atoms with Gasteiger partial charge in [-0.3, -0.25) is 4.79 Å². The van der Waals surface area contributed by atoms with Crippen LogP contribution in [-0.2, 0) is 16.0 Å². The molecule has 0 aliphatic rings. The number of methoxy groups -OCH3 is 1. The molecule has 1 unspecified atom stereocenters. The average Bonchev–Trinajstić information content (AvgIpc) is 2.30. The second-order valence-electron chi connectivity index (χ2n) is 3.11. The van der Waals surface area contributed by atoms with Gasteiger partial charge in [0.1, 0.15) is 10.6 Å². The standard InChI is InChI=1S/C11H9BrFNO2/c1-16-11(15)9(12)5-8-3-2-7(6-14)4-10(8)13/h2-4,9H,5H2,1H3. The molecule has 3 nitrogen and oxygen atoms in total. The highest BCUT2D eigenvalue weighted by Crippen LogP contribution is 2.16. The Balaban J connectivity index is 2.83. The van der Waals surface area contributed by atoms with Crippen LogP contribution in [0.3, 0.4) is 0 Å². The Morgan fingerprint density at radius 2 is 2.38 bits per heavy atom. The van der Waals surface area contributed by atoms with E-state index in [1.165, 1.54) is 19.2 Å². The SMILES string of the molecule is COC(=O)C(Br)Cc1ccc(C#N)cc1F. The average molecular weight is 286 g/mol. The number of esters is 1. The molecule has 0 N–H and O–H groups in total. The molecule has 1 aromatic rings. The normalized spacial score (nSPS) is 11.6. The van der Waals surface area contributed by atoms with Crippen LogP contribution in [-0.4, -0.2) is 17.9 Å². The molecule has 0 radical (unpaired) electrons. The van der Waals surface area contributed by atoms with Gasteiger partial charge in [-0.05, 0) is 24.1 Å². The highest BCUT2D eigenvalue weighted by Gasteiger charge is 2.17. The first-order valence-corrected chi connectivity index (χ1v) is 5.40. The summed E-state index contributed by atoms with van der Waals surface area (Å²) in [4.78, 5) is 10.5. The number of halogens is 2. The van der Waals surface area contributed by atoms with Gasteiger partial charge in [-0.2, -0.15) is 5.26 Å². The minimum Gasteiger partial charge on any atom is -0.468 e. The van der Waals surface area contributed by atoms with Crippen molar-refractivity contribution in [1.82, 2.24) is 0 Å². The lowest BCUT2D eigenvalue weighted by molar-refractivity contribution is -0.139. The van der Waals surface area contributed by atoms with Gasteiger partial charge < -0.3 is 4.74 Å². The van der Waals surface area contributed by atoms with Crippen molar-refractivity contribution in [3.8, 4) is 6.07 Å². The predicted octanol–water partition coefficient (Wildman–Crippen LogP) is 2.18. The molecule has 1 aromatic carbocycles. The van der Waals surface area contributed by atoms with E-state index >= 15 is 0 Å². The number of ether oxygens (including phenoxy) is 1. The summed E-state index contributed by atoms with van der Waals surface area (Å²) in [5, 5.41) is 8.56. The molecule has 0 saturated carbocycles. The first-order valence-electron chi connectivity index (χ1n) is 4.49. The maximum Gasteiger partial charge on any atom is 0.319 e. The lowest BCUT2D eigenvalue weighted by atomic mass is 10.1. The number of nitrogens with zero attached hydrogens (tertiary/aromatic N) is 1. The van der Waals surface area contributed by atoms with E-state index in [1.54, 1.807) is 0 Å². The number of nitriles is 1. The third-order valence-corrected chi connectivity index (χ3v) is 2.74. The summed E-state index contributed by atoms with van der Waals surface area (Å²) in [7, 11) is 1.27. The second-order valence-corrected chi connectivity index (χ2v) is 4.22. The number of carbonyl (C=O) groups excluding carboxylic acids is 1. The number of carbonyl (C=O) groups is 1. The van der Waals surface area contributed by atoms with Gasteiger partial charge in [0.05, 0.1) is 18.7 Å². The third-order valence-electron chi connectivity index (χ3n) is 2.04. The van der Waals surface area contributed by atoms with Crippen molar-refractivity contribution < 1.29 is 13.9 Å². The van der Waals surface area contributed by atoms with Crippen LogP contribution in [0.5, 0.6) is 0 Å². The smallest absolute Gasteiger partial charge is 0.319 e. The lowest BCUT2D eigenvalue weighted by Gasteiger charge is -2.08. The molecule has 0 heterocycles. The van der Waals surface area contributed by atoms with Crippen molar-refractivity contribution in [2.24, 2.45) is 0 Å². The molecule has 1 atom stereocenters. The van der Waals surface area contributed by atoms with Crippen molar-refractivity contribution in [2.75, 3.05) is 7.11 Å². The molecular weight excluding hydrogens is 277 g/mol. The molecule has 0 aromatic heterocycles. The van der Waals surface area contributed by atoms with Gasteiger partial charge >= 0.3 is 5.97 Å². The summed E-state index contributed by atoms with van der Waals surface area (Å²) in [6.45, 7) is 0. The Bertz CT molecular complexity index is 442. The van der Waals surface area contributed by atoms with E-state index in [9.17, 15) is 9.18 Å². The van der Waals surface area contributed by atoms with Crippen LogP contribution >= 0.6 is 15.9 Å². The van der Waals surface area contributed by atoms with Crippen molar-refractivity contribution in [3.63, 3.8) is 0 Å². The zero-order valence-electron chi connectivity index (χ0n) is 8.54. The molecule has 16 heavy (non-hydrogen) atoms. The van der Waals surface area contributed by atoms with Gasteiger partial charge in [0.15, 0.2) is 0 Å². The molecule has 0 aliphatic carbocycles. The van der Waals surface area contributed by atoms with Crippen molar-refractivity contribution in [3.05, 3.63) is 35.1 Å². The number of alkyl halides is 1. The maximum atomic E-state index is 13.4. The largest absolute Gasteiger partial charge is 0.468 e. The fourth-order valence-electron chi connectivity index (χ4n) is 1.19. The predicted molar refractivity (Wildman–Crippen MR) is 59.6 cm³/mol. The highest BCUT2D eigenvalue weighted by atomic mass is 79.9. The summed E-state index contributed by atoms with van der Waals surface area (Å²) in [5.74, 6) is -0.948.